The Morgan fingerprint density at radius 3 is 2.50 bits per heavy atom. The predicted molar refractivity (Wildman–Crippen MR) is 152 cm³/mol. The van der Waals surface area contributed by atoms with Gasteiger partial charge in [-0.25, -0.2) is 4.98 Å². The van der Waals surface area contributed by atoms with Crippen LogP contribution >= 0.6 is 0 Å². The first-order valence-corrected chi connectivity index (χ1v) is 13.6. The Hall–Kier alpha value is -2.82. The van der Waals surface area contributed by atoms with Crippen molar-refractivity contribution in [1.82, 2.24) is 9.55 Å². The zero-order chi connectivity index (χ0) is 26.6. The van der Waals surface area contributed by atoms with E-state index < -0.39 is 0 Å². The third-order valence-corrected chi connectivity index (χ3v) is 8.46. The number of phenolic OH excluding ortho intramolecular Hbond substituents is 1. The molecule has 196 valence electrons. The first-order valence-electron chi connectivity index (χ1n) is 13.6. The molecule has 0 aliphatic carbocycles. The molecule has 0 saturated heterocycles. The second-order valence-corrected chi connectivity index (χ2v) is 10.6. The molecular formula is C31H46N4O. The zero-order valence-electron chi connectivity index (χ0n) is 23.5. The van der Waals surface area contributed by atoms with E-state index in [4.69, 9.17) is 10.7 Å². The van der Waals surface area contributed by atoms with Crippen LogP contribution in [0.1, 0.15) is 78.4 Å². The molecule has 2 heterocycles. The van der Waals surface area contributed by atoms with Gasteiger partial charge in [-0.3, -0.25) is 4.99 Å². The fraction of sp³-hybridized carbons (Fsp3) is 0.548. The molecule has 5 nitrogen and oxygen atoms in total. The van der Waals surface area contributed by atoms with Gasteiger partial charge in [-0.2, -0.15) is 0 Å². The Bertz CT molecular complexity index is 1140. The molecule has 0 radical (unpaired) electrons. The molecule has 5 atom stereocenters. The summed E-state index contributed by atoms with van der Waals surface area (Å²) in [7, 11) is 0. The van der Waals surface area contributed by atoms with Crippen molar-refractivity contribution in [3.05, 3.63) is 64.8 Å². The lowest BCUT2D eigenvalue weighted by molar-refractivity contribution is 0.320. The number of amidine groups is 1. The third-order valence-electron chi connectivity index (χ3n) is 8.46. The Labute approximate surface area is 218 Å². The summed E-state index contributed by atoms with van der Waals surface area (Å²) in [5.41, 5.74) is 12.5. The van der Waals surface area contributed by atoms with Gasteiger partial charge in [-0.15, -0.1) is 0 Å². The van der Waals surface area contributed by atoms with Gasteiger partial charge in [0.2, 0.25) is 0 Å². The maximum absolute atomic E-state index is 10.5. The number of aryl methyl sites for hydroxylation is 3. The molecule has 1 aliphatic rings. The van der Waals surface area contributed by atoms with Crippen LogP contribution in [-0.2, 0) is 13.0 Å². The number of nitrogens with two attached hydrogens (primary N) is 1. The van der Waals surface area contributed by atoms with Crippen molar-refractivity contribution < 1.29 is 5.11 Å². The summed E-state index contributed by atoms with van der Waals surface area (Å²) < 4.78 is 2.29. The average Bonchev–Trinajstić information content (AvgIpc) is 3.24. The van der Waals surface area contributed by atoms with Gasteiger partial charge in [0.1, 0.15) is 17.4 Å². The van der Waals surface area contributed by atoms with E-state index in [0.29, 0.717) is 17.6 Å². The van der Waals surface area contributed by atoms with Crippen molar-refractivity contribution in [3.63, 3.8) is 0 Å². The molecule has 3 N–H and O–H groups in total. The van der Waals surface area contributed by atoms with Gasteiger partial charge in [0.05, 0.1) is 11.7 Å². The SMILES string of the molecule is CCc1nc(C)cn1CCC1N=C(N)C(CC)C=C(C(C)C(C)=C(C)c2ccccc2O)C(C)C1C. The van der Waals surface area contributed by atoms with Crippen LogP contribution in [0.15, 0.2) is 52.7 Å². The highest BCUT2D eigenvalue weighted by atomic mass is 16.3. The van der Waals surface area contributed by atoms with E-state index in [1.807, 2.05) is 18.2 Å². The molecule has 5 heteroatoms. The van der Waals surface area contributed by atoms with Crippen molar-refractivity contribution in [2.45, 2.75) is 87.2 Å². The number of aromatic nitrogens is 2. The molecule has 36 heavy (non-hydrogen) atoms. The number of allylic oxidation sites excluding steroid dienone is 3. The number of nitrogens with zero attached hydrogens (tertiary/aromatic N) is 3. The number of rotatable bonds is 8. The van der Waals surface area contributed by atoms with E-state index in [-0.39, 0.29) is 17.9 Å². The molecular weight excluding hydrogens is 444 g/mol. The first-order chi connectivity index (χ1) is 17.1. The average molecular weight is 491 g/mol. The monoisotopic (exact) mass is 490 g/mol. The minimum atomic E-state index is 0.139. The summed E-state index contributed by atoms with van der Waals surface area (Å²) in [4.78, 5) is 9.77. The highest BCUT2D eigenvalue weighted by molar-refractivity contribution is 5.85. The van der Waals surface area contributed by atoms with Crippen LogP contribution in [0.25, 0.3) is 5.57 Å². The van der Waals surface area contributed by atoms with Crippen molar-refractivity contribution in [1.29, 1.82) is 0 Å². The first kappa shape index (κ1) is 27.8. The smallest absolute Gasteiger partial charge is 0.123 e. The number of phenols is 1. The predicted octanol–water partition coefficient (Wildman–Crippen LogP) is 6.94. The summed E-state index contributed by atoms with van der Waals surface area (Å²) in [6.45, 7) is 18.6. The van der Waals surface area contributed by atoms with Gasteiger partial charge in [0.25, 0.3) is 0 Å². The lowest BCUT2D eigenvalue weighted by Gasteiger charge is -2.35. The number of aromatic hydroxyl groups is 1. The molecule has 1 aromatic carbocycles. The molecule has 2 aromatic rings. The van der Waals surface area contributed by atoms with E-state index in [0.717, 1.165) is 54.3 Å². The van der Waals surface area contributed by atoms with Gasteiger partial charge >= 0.3 is 0 Å². The van der Waals surface area contributed by atoms with Gasteiger partial charge in [0.15, 0.2) is 0 Å². The van der Waals surface area contributed by atoms with Crippen LogP contribution in [-0.4, -0.2) is 26.5 Å². The Kier molecular flexibility index (Phi) is 9.21. The molecule has 0 spiro atoms. The Morgan fingerprint density at radius 2 is 1.86 bits per heavy atom. The quantitative estimate of drug-likeness (QED) is 0.393. The molecule has 5 unspecified atom stereocenters. The van der Waals surface area contributed by atoms with E-state index >= 15 is 0 Å². The number of hydrogen-bond acceptors (Lipinski definition) is 4. The normalized spacial score (nSPS) is 24.3. The molecule has 3 rings (SSSR count). The van der Waals surface area contributed by atoms with Crippen LogP contribution in [0.2, 0.25) is 0 Å². The van der Waals surface area contributed by atoms with E-state index in [1.165, 1.54) is 11.1 Å². The molecule has 1 aliphatic heterocycles. The molecule has 0 fully saturated rings. The van der Waals surface area contributed by atoms with Crippen LogP contribution in [0.5, 0.6) is 5.75 Å². The molecule has 0 bridgehead atoms. The Balaban J connectivity index is 1.94. The van der Waals surface area contributed by atoms with Crippen LogP contribution < -0.4 is 5.73 Å². The summed E-state index contributed by atoms with van der Waals surface area (Å²) in [6, 6.07) is 7.76. The maximum atomic E-state index is 10.5. The van der Waals surface area contributed by atoms with Gasteiger partial charge < -0.3 is 15.4 Å². The fourth-order valence-electron chi connectivity index (χ4n) is 5.63. The van der Waals surface area contributed by atoms with Crippen molar-refractivity contribution >= 4 is 11.4 Å². The topological polar surface area (TPSA) is 76.4 Å². The molecule has 0 saturated carbocycles. The van der Waals surface area contributed by atoms with Crippen LogP contribution in [0, 0.1) is 30.6 Å². The fourth-order valence-corrected chi connectivity index (χ4v) is 5.63. The minimum absolute atomic E-state index is 0.139. The minimum Gasteiger partial charge on any atom is -0.507 e. The second-order valence-electron chi connectivity index (χ2n) is 10.6. The highest BCUT2D eigenvalue weighted by Crippen LogP contribution is 2.39. The largest absolute Gasteiger partial charge is 0.507 e. The van der Waals surface area contributed by atoms with Crippen molar-refractivity contribution in [3.8, 4) is 5.75 Å². The van der Waals surface area contributed by atoms with Gasteiger partial charge in [-0.05, 0) is 63.0 Å². The number of aliphatic imine (C=N–C) groups is 1. The van der Waals surface area contributed by atoms with Crippen molar-refractivity contribution in [2.75, 3.05) is 0 Å². The summed E-state index contributed by atoms with van der Waals surface area (Å²) in [5, 5.41) is 10.5. The summed E-state index contributed by atoms with van der Waals surface area (Å²) in [6.07, 6.45) is 7.35. The number of benzene rings is 1. The highest BCUT2D eigenvalue weighted by Gasteiger charge is 2.32. The van der Waals surface area contributed by atoms with Gasteiger partial charge in [-0.1, -0.05) is 70.0 Å². The summed E-state index contributed by atoms with van der Waals surface area (Å²) in [5.74, 6) is 3.31. The second kappa shape index (κ2) is 11.9. The standard InChI is InChI=1S/C31H46N4O/c1-9-25-17-27(22(6)20(4)21(5)26-13-11-12-14-29(26)36)23(7)24(8)28(34-31(25)32)15-16-35-18-19(3)33-30(35)10-2/h11-14,17-18,22-25,28,36H,9-10,15-16H2,1-8H3,(H2,32,34). The number of hydrogen-bond donors (Lipinski definition) is 2. The zero-order valence-corrected chi connectivity index (χ0v) is 23.5. The molecule has 0 amide bonds. The van der Waals surface area contributed by atoms with E-state index in [9.17, 15) is 5.11 Å². The number of para-hydroxylation sites is 1. The lowest BCUT2D eigenvalue weighted by Crippen LogP contribution is -2.34. The van der Waals surface area contributed by atoms with Crippen LogP contribution in [0.3, 0.4) is 0 Å². The van der Waals surface area contributed by atoms with E-state index in [1.54, 1.807) is 6.07 Å². The van der Waals surface area contributed by atoms with E-state index in [2.05, 4.69) is 77.2 Å². The Morgan fingerprint density at radius 1 is 1.17 bits per heavy atom. The van der Waals surface area contributed by atoms with Crippen molar-refractivity contribution in [2.24, 2.45) is 34.4 Å². The number of imidazole rings is 1. The van der Waals surface area contributed by atoms with Gasteiger partial charge in [0, 0.05) is 30.6 Å². The molecule has 1 aromatic heterocycles. The van der Waals surface area contributed by atoms with Crippen LogP contribution in [0.4, 0.5) is 0 Å². The summed E-state index contributed by atoms with van der Waals surface area (Å²) >= 11 is 0. The third kappa shape index (κ3) is 5.93. The maximum Gasteiger partial charge on any atom is 0.123 e. The lowest BCUT2D eigenvalue weighted by atomic mass is 9.73.